The maximum atomic E-state index is 15.3. The third-order valence-electron chi connectivity index (χ3n) is 6.77. The van der Waals surface area contributed by atoms with E-state index in [2.05, 4.69) is 28.0 Å². The average Bonchev–Trinajstić information content (AvgIpc) is 3.43. The van der Waals surface area contributed by atoms with Crippen LogP contribution in [0.2, 0.25) is 0 Å². The minimum Gasteiger partial charge on any atom is -0.494 e. The Morgan fingerprint density at radius 3 is 2.58 bits per heavy atom. The lowest BCUT2D eigenvalue weighted by Crippen LogP contribution is -2.38. The lowest BCUT2D eigenvalue weighted by atomic mass is 10.00. The number of nitrogens with one attached hydrogen (secondary N) is 2. The molecule has 1 heterocycles. The summed E-state index contributed by atoms with van der Waals surface area (Å²) in [6.45, 7) is 2.60. The summed E-state index contributed by atoms with van der Waals surface area (Å²) in [7, 11) is 1.27. The number of carbonyl (C=O) groups excluding carboxylic acids is 2. The Balaban J connectivity index is 1.73. The lowest BCUT2D eigenvalue weighted by molar-refractivity contribution is -0.133. The van der Waals surface area contributed by atoms with E-state index in [4.69, 9.17) is 10.5 Å². The van der Waals surface area contributed by atoms with Crippen LogP contribution in [0, 0.1) is 11.6 Å². The van der Waals surface area contributed by atoms with E-state index in [9.17, 15) is 14.0 Å². The summed E-state index contributed by atoms with van der Waals surface area (Å²) in [5.41, 5.74) is 7.49. The second kappa shape index (κ2) is 13.0. The quantitative estimate of drug-likeness (QED) is 0.242. The normalized spacial score (nSPS) is 15.4. The third-order valence-corrected chi connectivity index (χ3v) is 7.18. The van der Waals surface area contributed by atoms with Gasteiger partial charge in [0.25, 0.3) is 0 Å². The van der Waals surface area contributed by atoms with E-state index in [-0.39, 0.29) is 12.1 Å². The zero-order valence-electron chi connectivity index (χ0n) is 22.2. The summed E-state index contributed by atoms with van der Waals surface area (Å²) in [6, 6.07) is 12.2. The van der Waals surface area contributed by atoms with E-state index in [1.54, 1.807) is 36.1 Å². The van der Waals surface area contributed by atoms with Gasteiger partial charge in [0, 0.05) is 40.5 Å². The predicted molar refractivity (Wildman–Crippen MR) is 152 cm³/mol. The van der Waals surface area contributed by atoms with Crippen molar-refractivity contribution in [2.24, 2.45) is 5.73 Å². The second-order valence-corrected chi connectivity index (χ2v) is 9.77. The molecular formula is C29H32F2N4O4S. The van der Waals surface area contributed by atoms with Gasteiger partial charge in [0.2, 0.25) is 5.91 Å². The fourth-order valence-corrected chi connectivity index (χ4v) is 5.12. The van der Waals surface area contributed by atoms with Crippen LogP contribution in [-0.4, -0.2) is 37.2 Å². The molecule has 2 atom stereocenters. The van der Waals surface area contributed by atoms with Crippen molar-refractivity contribution in [2.45, 2.75) is 43.3 Å². The van der Waals surface area contributed by atoms with Crippen molar-refractivity contribution in [3.63, 3.8) is 0 Å². The number of rotatable bonds is 9. The number of ether oxygens (including phenoxy) is 2. The number of carbonyl (C=O) groups is 2. The smallest absolute Gasteiger partial charge is 0.411 e. The molecule has 4 N–H and O–H groups in total. The molecule has 3 aromatic carbocycles. The SMILES string of the molecule is CCOc1ccc(F)c([C@H](Nc2ccc(CN)c(F)c2)C(=O)N2CCC[C@@H]2c2cc(NC(=O)OC)ccc2S)c1. The van der Waals surface area contributed by atoms with Gasteiger partial charge in [-0.2, -0.15) is 0 Å². The van der Waals surface area contributed by atoms with Crippen molar-refractivity contribution >= 4 is 36.0 Å². The molecule has 1 aliphatic rings. The summed E-state index contributed by atoms with van der Waals surface area (Å²) in [6.07, 6.45) is 0.709. The number of hydrogen-bond donors (Lipinski definition) is 4. The van der Waals surface area contributed by atoms with E-state index in [0.717, 1.165) is 5.56 Å². The number of methoxy groups -OCH3 is 1. The average molecular weight is 571 g/mol. The van der Waals surface area contributed by atoms with Crippen LogP contribution in [-0.2, 0) is 16.1 Å². The van der Waals surface area contributed by atoms with Crippen molar-refractivity contribution in [1.29, 1.82) is 0 Å². The highest BCUT2D eigenvalue weighted by Gasteiger charge is 2.37. The number of halogens is 2. The first-order valence-corrected chi connectivity index (χ1v) is 13.4. The Morgan fingerprint density at radius 2 is 1.88 bits per heavy atom. The number of likely N-dealkylation sites (tertiary alicyclic amines) is 1. The fraction of sp³-hybridized carbons (Fsp3) is 0.310. The van der Waals surface area contributed by atoms with Gasteiger partial charge in [-0.1, -0.05) is 6.07 Å². The maximum absolute atomic E-state index is 15.3. The molecular weight excluding hydrogens is 538 g/mol. The number of hydrogen-bond acceptors (Lipinski definition) is 7. The van der Waals surface area contributed by atoms with Gasteiger partial charge in [-0.15, -0.1) is 12.6 Å². The molecule has 1 fully saturated rings. The van der Waals surface area contributed by atoms with Crippen LogP contribution in [0.1, 0.15) is 48.5 Å². The standard InChI is InChI=1S/C29H32F2N4O4S/c1-3-39-20-9-10-23(30)21(15-20)27(33-19-7-6-17(16-32)24(31)14-19)28(36)35-12-4-5-25(35)22-13-18(8-11-26(22)40)34-29(37)38-2/h6-11,13-15,25,27,33,40H,3-5,12,16,32H2,1-2H3,(H,34,37)/t25-,27+/m1/s1. The summed E-state index contributed by atoms with van der Waals surface area (Å²) in [5.74, 6) is -1.14. The Kier molecular flexibility index (Phi) is 9.49. The number of nitrogens with zero attached hydrogens (tertiary/aromatic N) is 1. The van der Waals surface area contributed by atoms with Gasteiger partial charge in [-0.05, 0) is 73.9 Å². The summed E-state index contributed by atoms with van der Waals surface area (Å²) < 4.78 is 40.1. The minimum atomic E-state index is -1.19. The molecule has 40 heavy (non-hydrogen) atoms. The largest absolute Gasteiger partial charge is 0.494 e. The van der Waals surface area contributed by atoms with E-state index in [0.29, 0.717) is 53.6 Å². The van der Waals surface area contributed by atoms with E-state index >= 15 is 4.39 Å². The molecule has 3 aromatic rings. The summed E-state index contributed by atoms with van der Waals surface area (Å²) in [4.78, 5) is 28.3. The van der Waals surface area contributed by atoms with Crippen LogP contribution < -0.4 is 21.1 Å². The molecule has 0 saturated carbocycles. The number of anilines is 2. The fourth-order valence-electron chi connectivity index (χ4n) is 4.83. The first-order chi connectivity index (χ1) is 19.2. The van der Waals surface area contributed by atoms with Crippen molar-refractivity contribution in [2.75, 3.05) is 30.9 Å². The first-order valence-electron chi connectivity index (χ1n) is 12.9. The van der Waals surface area contributed by atoms with Crippen LogP contribution >= 0.6 is 12.6 Å². The van der Waals surface area contributed by atoms with Crippen LogP contribution in [0.3, 0.4) is 0 Å². The van der Waals surface area contributed by atoms with Gasteiger partial charge < -0.3 is 25.4 Å². The predicted octanol–water partition coefficient (Wildman–Crippen LogP) is 5.81. The number of amides is 2. The Bertz CT molecular complexity index is 1390. The van der Waals surface area contributed by atoms with Gasteiger partial charge in [0.05, 0.1) is 19.8 Å². The molecule has 2 amide bonds. The number of thiol groups is 1. The van der Waals surface area contributed by atoms with Crippen molar-refractivity contribution in [3.8, 4) is 5.75 Å². The van der Waals surface area contributed by atoms with Gasteiger partial charge in [-0.25, -0.2) is 13.6 Å². The molecule has 4 rings (SSSR count). The van der Waals surface area contributed by atoms with Crippen molar-refractivity contribution < 1.29 is 27.8 Å². The molecule has 1 saturated heterocycles. The van der Waals surface area contributed by atoms with Gasteiger partial charge in [0.15, 0.2) is 0 Å². The zero-order chi connectivity index (χ0) is 28.8. The van der Waals surface area contributed by atoms with Gasteiger partial charge in [0.1, 0.15) is 23.4 Å². The molecule has 1 aliphatic heterocycles. The van der Waals surface area contributed by atoms with Gasteiger partial charge in [-0.3, -0.25) is 10.1 Å². The molecule has 0 spiro atoms. The summed E-state index contributed by atoms with van der Waals surface area (Å²) >= 11 is 4.60. The Morgan fingerprint density at radius 1 is 1.10 bits per heavy atom. The van der Waals surface area contributed by atoms with E-state index in [1.165, 1.54) is 37.4 Å². The summed E-state index contributed by atoms with van der Waals surface area (Å²) in [5, 5.41) is 5.68. The molecule has 0 aliphatic carbocycles. The molecule has 8 nitrogen and oxygen atoms in total. The molecule has 0 aromatic heterocycles. The van der Waals surface area contributed by atoms with Gasteiger partial charge >= 0.3 is 6.09 Å². The monoisotopic (exact) mass is 570 g/mol. The third kappa shape index (κ3) is 6.48. The van der Waals surface area contributed by atoms with E-state index in [1.807, 2.05) is 0 Å². The van der Waals surface area contributed by atoms with E-state index < -0.39 is 35.7 Å². The first kappa shape index (κ1) is 29.2. The maximum Gasteiger partial charge on any atom is 0.411 e. The topological polar surface area (TPSA) is 106 Å². The highest BCUT2D eigenvalue weighted by Crippen LogP contribution is 2.39. The Labute approximate surface area is 237 Å². The molecule has 212 valence electrons. The number of benzene rings is 3. The second-order valence-electron chi connectivity index (χ2n) is 9.28. The van der Waals surface area contributed by atoms with Crippen LogP contribution in [0.5, 0.6) is 5.75 Å². The minimum absolute atomic E-state index is 0.0188. The van der Waals surface area contributed by atoms with Crippen LogP contribution in [0.25, 0.3) is 0 Å². The molecule has 0 unspecified atom stereocenters. The number of nitrogens with two attached hydrogens (primary N) is 1. The van der Waals surface area contributed by atoms with Crippen molar-refractivity contribution in [3.05, 3.63) is 82.9 Å². The van der Waals surface area contributed by atoms with Crippen molar-refractivity contribution in [1.82, 2.24) is 4.90 Å². The highest BCUT2D eigenvalue weighted by molar-refractivity contribution is 7.80. The molecule has 0 bridgehead atoms. The van der Waals surface area contributed by atoms with Crippen LogP contribution in [0.4, 0.5) is 25.0 Å². The highest BCUT2D eigenvalue weighted by atomic mass is 32.1. The molecule has 0 radical (unpaired) electrons. The molecule has 11 heteroatoms. The zero-order valence-corrected chi connectivity index (χ0v) is 23.1. The Hall–Kier alpha value is -3.83. The lowest BCUT2D eigenvalue weighted by Gasteiger charge is -2.31. The van der Waals surface area contributed by atoms with Crippen LogP contribution in [0.15, 0.2) is 59.5 Å².